The van der Waals surface area contributed by atoms with Crippen LogP contribution in [-0.2, 0) is 16.0 Å². The average Bonchev–Trinajstić information content (AvgIpc) is 3.00. The van der Waals surface area contributed by atoms with Crippen molar-refractivity contribution in [3.8, 4) is 11.5 Å². The van der Waals surface area contributed by atoms with Crippen molar-refractivity contribution in [1.29, 1.82) is 0 Å². The summed E-state index contributed by atoms with van der Waals surface area (Å²) in [4.78, 5) is 38.1. The third-order valence-corrected chi connectivity index (χ3v) is 4.66. The minimum atomic E-state index is -0.633. The zero-order valence-electron chi connectivity index (χ0n) is 16.3. The van der Waals surface area contributed by atoms with Gasteiger partial charge in [-0.25, -0.2) is 4.79 Å². The molecule has 8 nitrogen and oxygen atoms in total. The molecule has 3 rings (SSSR count). The fraction of sp³-hybridized carbons (Fsp3) is 0.286. The van der Waals surface area contributed by atoms with Crippen LogP contribution in [-0.4, -0.2) is 49.6 Å². The Hall–Kier alpha value is -3.55. The number of carbonyl (C=O) groups excluding carboxylic acids is 3. The molecule has 1 fully saturated rings. The molecule has 1 aliphatic rings. The highest BCUT2D eigenvalue weighted by Crippen LogP contribution is 2.29. The van der Waals surface area contributed by atoms with Crippen molar-refractivity contribution in [2.24, 2.45) is 0 Å². The van der Waals surface area contributed by atoms with Crippen molar-refractivity contribution in [3.63, 3.8) is 0 Å². The van der Waals surface area contributed by atoms with E-state index in [1.165, 1.54) is 14.2 Å². The van der Waals surface area contributed by atoms with Crippen LogP contribution in [0, 0.1) is 0 Å². The van der Waals surface area contributed by atoms with Gasteiger partial charge < -0.3 is 20.1 Å². The number of hydrogen-bond donors (Lipinski definition) is 2. The lowest BCUT2D eigenvalue weighted by Crippen LogP contribution is -2.38. The number of hydrogen-bond acceptors (Lipinski definition) is 5. The molecular weight excluding hydrogens is 374 g/mol. The number of aryl methyl sites for hydroxylation is 1. The molecule has 2 aromatic rings. The summed E-state index contributed by atoms with van der Waals surface area (Å²) in [7, 11) is 3.00. The minimum Gasteiger partial charge on any atom is -0.497 e. The molecule has 8 heteroatoms. The Kier molecular flexibility index (Phi) is 6.33. The van der Waals surface area contributed by atoms with E-state index in [0.717, 1.165) is 10.5 Å². The molecule has 2 aromatic carbocycles. The lowest BCUT2D eigenvalue weighted by Gasteiger charge is -2.15. The number of benzene rings is 2. The van der Waals surface area contributed by atoms with Gasteiger partial charge in [-0.15, -0.1) is 0 Å². The second-order valence-corrected chi connectivity index (χ2v) is 6.57. The molecule has 0 spiro atoms. The van der Waals surface area contributed by atoms with E-state index in [-0.39, 0.29) is 6.54 Å². The normalized spacial score (nSPS) is 15.8. The molecule has 1 aliphatic heterocycles. The molecule has 1 heterocycles. The van der Waals surface area contributed by atoms with Crippen molar-refractivity contribution in [2.45, 2.75) is 18.9 Å². The summed E-state index contributed by atoms with van der Waals surface area (Å²) in [6.07, 6.45) is 1.12. The summed E-state index contributed by atoms with van der Waals surface area (Å²) in [6, 6.07) is 13.4. The van der Waals surface area contributed by atoms with Gasteiger partial charge >= 0.3 is 6.03 Å². The lowest BCUT2D eigenvalue weighted by molar-refractivity contribution is -0.130. The van der Waals surface area contributed by atoms with E-state index < -0.39 is 23.9 Å². The first-order chi connectivity index (χ1) is 14.0. The molecule has 0 saturated carbocycles. The number of urea groups is 1. The molecular formula is C21H23N3O5. The Bertz CT molecular complexity index is 900. The van der Waals surface area contributed by atoms with Crippen molar-refractivity contribution < 1.29 is 23.9 Å². The molecule has 4 amide bonds. The predicted molar refractivity (Wildman–Crippen MR) is 107 cm³/mol. The molecule has 1 saturated heterocycles. The number of amides is 4. The molecule has 29 heavy (non-hydrogen) atoms. The summed E-state index contributed by atoms with van der Waals surface area (Å²) in [5.41, 5.74) is 1.50. The zero-order valence-corrected chi connectivity index (χ0v) is 16.3. The first-order valence-electron chi connectivity index (χ1n) is 9.19. The number of rotatable bonds is 8. The predicted octanol–water partition coefficient (Wildman–Crippen LogP) is 2.20. The van der Waals surface area contributed by atoms with E-state index in [0.29, 0.717) is 30.0 Å². The molecule has 0 aliphatic carbocycles. The van der Waals surface area contributed by atoms with Crippen molar-refractivity contribution in [3.05, 3.63) is 54.1 Å². The van der Waals surface area contributed by atoms with Crippen LogP contribution in [0.1, 0.15) is 12.0 Å². The SMILES string of the molecule is COc1ccc(NC(=O)CN2C(=O)N[C@H](CCc3ccccc3)C2=O)c(OC)c1. The van der Waals surface area contributed by atoms with Gasteiger partial charge in [0.25, 0.3) is 5.91 Å². The van der Waals surface area contributed by atoms with E-state index in [9.17, 15) is 14.4 Å². The summed E-state index contributed by atoms with van der Waals surface area (Å²) >= 11 is 0. The van der Waals surface area contributed by atoms with E-state index in [1.807, 2.05) is 30.3 Å². The van der Waals surface area contributed by atoms with Gasteiger partial charge in [-0.05, 0) is 30.5 Å². The smallest absolute Gasteiger partial charge is 0.325 e. The van der Waals surface area contributed by atoms with Crippen LogP contribution < -0.4 is 20.1 Å². The molecule has 0 aromatic heterocycles. The van der Waals surface area contributed by atoms with Crippen LogP contribution in [0.3, 0.4) is 0 Å². The van der Waals surface area contributed by atoms with Crippen LogP contribution in [0.25, 0.3) is 0 Å². The second kappa shape index (κ2) is 9.09. The van der Waals surface area contributed by atoms with Crippen LogP contribution in [0.15, 0.2) is 48.5 Å². The monoisotopic (exact) mass is 397 g/mol. The average molecular weight is 397 g/mol. The fourth-order valence-electron chi connectivity index (χ4n) is 3.11. The maximum Gasteiger partial charge on any atom is 0.325 e. The number of carbonyl (C=O) groups is 3. The zero-order chi connectivity index (χ0) is 20.8. The van der Waals surface area contributed by atoms with Gasteiger partial charge in [0.15, 0.2) is 0 Å². The third-order valence-electron chi connectivity index (χ3n) is 4.66. The van der Waals surface area contributed by atoms with Crippen LogP contribution in [0.5, 0.6) is 11.5 Å². The Morgan fingerprint density at radius 2 is 1.86 bits per heavy atom. The largest absolute Gasteiger partial charge is 0.497 e. The third kappa shape index (κ3) is 4.84. The van der Waals surface area contributed by atoms with Gasteiger partial charge in [0.1, 0.15) is 24.1 Å². The Labute approximate surface area is 168 Å². The van der Waals surface area contributed by atoms with Crippen molar-refractivity contribution in [2.75, 3.05) is 26.1 Å². The van der Waals surface area contributed by atoms with Crippen LogP contribution >= 0.6 is 0 Å². The fourth-order valence-corrected chi connectivity index (χ4v) is 3.11. The van der Waals surface area contributed by atoms with Gasteiger partial charge in [-0.1, -0.05) is 30.3 Å². The molecule has 0 unspecified atom stereocenters. The van der Waals surface area contributed by atoms with E-state index in [4.69, 9.17) is 9.47 Å². The van der Waals surface area contributed by atoms with Crippen LogP contribution in [0.4, 0.5) is 10.5 Å². The highest BCUT2D eigenvalue weighted by Gasteiger charge is 2.38. The second-order valence-electron chi connectivity index (χ2n) is 6.57. The maximum atomic E-state index is 12.6. The van der Waals surface area contributed by atoms with Gasteiger partial charge in [0.2, 0.25) is 5.91 Å². The Morgan fingerprint density at radius 3 is 2.55 bits per heavy atom. The highest BCUT2D eigenvalue weighted by atomic mass is 16.5. The number of nitrogens with one attached hydrogen (secondary N) is 2. The lowest BCUT2D eigenvalue weighted by atomic mass is 10.1. The molecule has 1 atom stereocenters. The first kappa shape index (κ1) is 20.2. The molecule has 152 valence electrons. The summed E-state index contributed by atoms with van der Waals surface area (Å²) in [5.74, 6) is 0.0919. The van der Waals surface area contributed by atoms with Gasteiger partial charge in [-0.3, -0.25) is 14.5 Å². The molecule has 0 bridgehead atoms. The molecule has 2 N–H and O–H groups in total. The summed E-state index contributed by atoms with van der Waals surface area (Å²) in [5, 5.41) is 5.31. The quantitative estimate of drug-likeness (QED) is 0.666. The number of methoxy groups -OCH3 is 2. The van der Waals surface area contributed by atoms with Gasteiger partial charge in [0.05, 0.1) is 19.9 Å². The number of imide groups is 1. The summed E-state index contributed by atoms with van der Waals surface area (Å²) in [6.45, 7) is -0.373. The highest BCUT2D eigenvalue weighted by molar-refractivity contribution is 6.08. The van der Waals surface area contributed by atoms with Gasteiger partial charge in [0, 0.05) is 6.07 Å². The van der Waals surface area contributed by atoms with Crippen molar-refractivity contribution in [1.82, 2.24) is 10.2 Å². The minimum absolute atomic E-state index is 0.373. The van der Waals surface area contributed by atoms with Crippen molar-refractivity contribution >= 4 is 23.5 Å². The molecule has 0 radical (unpaired) electrons. The van der Waals surface area contributed by atoms with E-state index in [2.05, 4.69) is 10.6 Å². The van der Waals surface area contributed by atoms with E-state index >= 15 is 0 Å². The Balaban J connectivity index is 1.59. The number of nitrogens with zero attached hydrogens (tertiary/aromatic N) is 1. The van der Waals surface area contributed by atoms with Gasteiger partial charge in [-0.2, -0.15) is 0 Å². The first-order valence-corrected chi connectivity index (χ1v) is 9.19. The Morgan fingerprint density at radius 1 is 1.10 bits per heavy atom. The summed E-state index contributed by atoms with van der Waals surface area (Å²) < 4.78 is 10.4. The standard InChI is InChI=1S/C21H23N3O5/c1-28-15-9-11-16(18(12-15)29-2)22-19(25)13-24-20(26)17(23-21(24)27)10-8-14-6-4-3-5-7-14/h3-7,9,11-12,17H,8,10,13H2,1-2H3,(H,22,25)(H,23,27)/t17-/m1/s1. The number of anilines is 1. The topological polar surface area (TPSA) is 97.0 Å². The number of ether oxygens (including phenoxy) is 2. The van der Waals surface area contributed by atoms with E-state index in [1.54, 1.807) is 18.2 Å². The maximum absolute atomic E-state index is 12.6. The van der Waals surface area contributed by atoms with Crippen LogP contribution in [0.2, 0.25) is 0 Å².